The van der Waals surface area contributed by atoms with Gasteiger partial charge in [0.05, 0.1) is 6.61 Å². The van der Waals surface area contributed by atoms with Crippen molar-refractivity contribution < 1.29 is 14.3 Å². The Hall–Kier alpha value is -2.04. The van der Waals surface area contributed by atoms with Crippen LogP contribution in [0.3, 0.4) is 0 Å². The van der Waals surface area contributed by atoms with Gasteiger partial charge in [0, 0.05) is 25.9 Å². The summed E-state index contributed by atoms with van der Waals surface area (Å²) in [5, 5.41) is 5.48. The van der Waals surface area contributed by atoms with E-state index in [9.17, 15) is 9.59 Å². The smallest absolute Gasteiger partial charge is 0.220 e. The van der Waals surface area contributed by atoms with Crippen molar-refractivity contribution in [3.8, 4) is 5.75 Å². The van der Waals surface area contributed by atoms with Crippen molar-refractivity contribution in [1.29, 1.82) is 0 Å². The zero-order valence-corrected chi connectivity index (χ0v) is 13.7. The molecule has 5 nitrogen and oxygen atoms in total. The van der Waals surface area contributed by atoms with E-state index in [1.807, 2.05) is 32.0 Å². The van der Waals surface area contributed by atoms with Crippen LogP contribution in [-0.4, -0.2) is 31.5 Å². The molecule has 5 heteroatoms. The van der Waals surface area contributed by atoms with Crippen LogP contribution in [-0.2, 0) is 9.59 Å². The van der Waals surface area contributed by atoms with Crippen molar-refractivity contribution in [2.45, 2.75) is 40.0 Å². The van der Waals surface area contributed by atoms with E-state index in [0.717, 1.165) is 16.9 Å². The number of ether oxygens (including phenoxy) is 1. The van der Waals surface area contributed by atoms with Gasteiger partial charge < -0.3 is 15.4 Å². The van der Waals surface area contributed by atoms with Gasteiger partial charge in [0.15, 0.2) is 0 Å². The number of rotatable bonds is 9. The summed E-state index contributed by atoms with van der Waals surface area (Å²) in [4.78, 5) is 22.6. The van der Waals surface area contributed by atoms with Gasteiger partial charge in [-0.3, -0.25) is 9.59 Å². The molecule has 2 amide bonds. The molecular weight excluding hydrogens is 280 g/mol. The summed E-state index contributed by atoms with van der Waals surface area (Å²) in [7, 11) is 0. The van der Waals surface area contributed by atoms with Gasteiger partial charge in [0.1, 0.15) is 5.75 Å². The molecule has 0 radical (unpaired) electrons. The molecule has 1 aromatic rings. The van der Waals surface area contributed by atoms with E-state index in [2.05, 4.69) is 10.6 Å². The van der Waals surface area contributed by atoms with Crippen molar-refractivity contribution in [2.24, 2.45) is 0 Å². The lowest BCUT2D eigenvalue weighted by atomic mass is 10.1. The highest BCUT2D eigenvalue weighted by molar-refractivity contribution is 5.76. The Balaban J connectivity index is 2.14. The fourth-order valence-corrected chi connectivity index (χ4v) is 2.05. The molecule has 0 aliphatic carbocycles. The molecule has 0 heterocycles. The van der Waals surface area contributed by atoms with Crippen LogP contribution in [0, 0.1) is 13.8 Å². The Morgan fingerprint density at radius 1 is 1.05 bits per heavy atom. The Morgan fingerprint density at radius 2 is 1.64 bits per heavy atom. The second kappa shape index (κ2) is 9.82. The summed E-state index contributed by atoms with van der Waals surface area (Å²) in [6.45, 7) is 7.27. The number of benzene rings is 1. The first-order chi connectivity index (χ1) is 10.5. The fourth-order valence-electron chi connectivity index (χ4n) is 2.05. The second-order valence-electron chi connectivity index (χ2n) is 5.23. The van der Waals surface area contributed by atoms with Gasteiger partial charge in [0.2, 0.25) is 11.8 Å². The fraction of sp³-hybridized carbons (Fsp3) is 0.529. The highest BCUT2D eigenvalue weighted by atomic mass is 16.5. The van der Waals surface area contributed by atoms with Crippen molar-refractivity contribution in [1.82, 2.24) is 10.6 Å². The van der Waals surface area contributed by atoms with E-state index in [0.29, 0.717) is 39.0 Å². The molecule has 0 atom stereocenters. The summed E-state index contributed by atoms with van der Waals surface area (Å²) in [6, 6.07) is 6.03. The molecule has 122 valence electrons. The van der Waals surface area contributed by atoms with Gasteiger partial charge in [-0.1, -0.05) is 25.1 Å². The first-order valence-corrected chi connectivity index (χ1v) is 7.77. The van der Waals surface area contributed by atoms with Gasteiger partial charge in [-0.05, 0) is 31.4 Å². The molecule has 1 aromatic carbocycles. The minimum Gasteiger partial charge on any atom is -0.493 e. The highest BCUT2D eigenvalue weighted by Gasteiger charge is 2.05. The van der Waals surface area contributed by atoms with Crippen LogP contribution < -0.4 is 15.4 Å². The molecule has 0 unspecified atom stereocenters. The van der Waals surface area contributed by atoms with Crippen LogP contribution in [0.5, 0.6) is 5.75 Å². The minimum atomic E-state index is -0.0177. The molecular formula is C17H26N2O3. The largest absolute Gasteiger partial charge is 0.493 e. The number of carbonyl (C=O) groups is 2. The predicted octanol–water partition coefficient (Wildman–Crippen LogP) is 2.10. The number of hydrogen-bond acceptors (Lipinski definition) is 3. The number of para-hydroxylation sites is 1. The maximum absolute atomic E-state index is 11.6. The number of hydrogen-bond donors (Lipinski definition) is 2. The van der Waals surface area contributed by atoms with Crippen LogP contribution in [0.25, 0.3) is 0 Å². The van der Waals surface area contributed by atoms with Crippen LogP contribution in [0.1, 0.15) is 37.3 Å². The first kappa shape index (κ1) is 18.0. The molecule has 0 spiro atoms. The quantitative estimate of drug-likeness (QED) is 0.687. The number of aryl methyl sites for hydroxylation is 2. The van der Waals surface area contributed by atoms with Gasteiger partial charge >= 0.3 is 0 Å². The lowest BCUT2D eigenvalue weighted by molar-refractivity contribution is -0.122. The highest BCUT2D eigenvalue weighted by Crippen LogP contribution is 2.22. The summed E-state index contributed by atoms with van der Waals surface area (Å²) >= 11 is 0. The standard InChI is InChI=1S/C17H26N2O3/c1-4-15(20)18-10-11-19-16(21)9-6-12-22-17-13(2)7-5-8-14(17)3/h5,7-8H,4,6,9-12H2,1-3H3,(H,18,20)(H,19,21). The molecule has 0 aromatic heterocycles. The third-order valence-corrected chi connectivity index (χ3v) is 3.29. The van der Waals surface area contributed by atoms with Gasteiger partial charge in [0.25, 0.3) is 0 Å². The summed E-state index contributed by atoms with van der Waals surface area (Å²) in [5.74, 6) is 0.886. The molecule has 0 aliphatic heterocycles. The van der Waals surface area contributed by atoms with Crippen LogP contribution in [0.15, 0.2) is 18.2 Å². The van der Waals surface area contributed by atoms with Crippen LogP contribution in [0.4, 0.5) is 0 Å². The third kappa shape index (κ3) is 6.61. The Morgan fingerprint density at radius 3 is 2.23 bits per heavy atom. The number of nitrogens with one attached hydrogen (secondary N) is 2. The van der Waals surface area contributed by atoms with E-state index >= 15 is 0 Å². The number of amides is 2. The molecule has 0 bridgehead atoms. The second-order valence-corrected chi connectivity index (χ2v) is 5.23. The molecule has 0 fully saturated rings. The zero-order chi connectivity index (χ0) is 16.4. The summed E-state index contributed by atoms with van der Waals surface area (Å²) < 4.78 is 5.75. The van der Waals surface area contributed by atoms with E-state index in [-0.39, 0.29) is 11.8 Å². The Bertz CT molecular complexity index is 480. The van der Waals surface area contributed by atoms with Gasteiger partial charge in [-0.2, -0.15) is 0 Å². The maximum Gasteiger partial charge on any atom is 0.220 e. The zero-order valence-electron chi connectivity index (χ0n) is 13.7. The van der Waals surface area contributed by atoms with Gasteiger partial charge in [-0.25, -0.2) is 0 Å². The first-order valence-electron chi connectivity index (χ1n) is 7.77. The topological polar surface area (TPSA) is 67.4 Å². The maximum atomic E-state index is 11.6. The molecule has 0 aliphatic rings. The monoisotopic (exact) mass is 306 g/mol. The van der Waals surface area contributed by atoms with Crippen molar-refractivity contribution >= 4 is 11.8 Å². The summed E-state index contributed by atoms with van der Waals surface area (Å²) in [5.41, 5.74) is 2.22. The van der Waals surface area contributed by atoms with Crippen molar-refractivity contribution in [3.05, 3.63) is 29.3 Å². The SMILES string of the molecule is CCC(=O)NCCNC(=O)CCCOc1c(C)cccc1C. The van der Waals surface area contributed by atoms with Crippen molar-refractivity contribution in [3.63, 3.8) is 0 Å². The Labute approximate surface area is 132 Å². The average Bonchev–Trinajstić information content (AvgIpc) is 2.50. The van der Waals surface area contributed by atoms with Crippen LogP contribution in [0.2, 0.25) is 0 Å². The Kier molecular flexibility index (Phi) is 8.04. The van der Waals surface area contributed by atoms with Crippen molar-refractivity contribution in [2.75, 3.05) is 19.7 Å². The lowest BCUT2D eigenvalue weighted by Crippen LogP contribution is -2.34. The van der Waals surface area contributed by atoms with Gasteiger partial charge in [-0.15, -0.1) is 0 Å². The molecule has 1 rings (SSSR count). The minimum absolute atomic E-state index is 0.00347. The van der Waals surface area contributed by atoms with Crippen LogP contribution >= 0.6 is 0 Å². The molecule has 0 saturated heterocycles. The normalized spacial score (nSPS) is 10.1. The lowest BCUT2D eigenvalue weighted by Gasteiger charge is -2.11. The predicted molar refractivity (Wildman–Crippen MR) is 87.0 cm³/mol. The number of carbonyl (C=O) groups excluding carboxylic acids is 2. The van der Waals surface area contributed by atoms with E-state index in [1.54, 1.807) is 6.92 Å². The third-order valence-electron chi connectivity index (χ3n) is 3.29. The molecule has 2 N–H and O–H groups in total. The van der Waals surface area contributed by atoms with E-state index in [4.69, 9.17) is 4.74 Å². The summed E-state index contributed by atoms with van der Waals surface area (Å²) in [6.07, 6.45) is 1.55. The molecule has 0 saturated carbocycles. The van der Waals surface area contributed by atoms with E-state index < -0.39 is 0 Å². The average molecular weight is 306 g/mol. The molecule has 22 heavy (non-hydrogen) atoms. The van der Waals surface area contributed by atoms with E-state index in [1.165, 1.54) is 0 Å².